The van der Waals surface area contributed by atoms with E-state index in [2.05, 4.69) is 31.7 Å². The van der Waals surface area contributed by atoms with E-state index in [1.54, 1.807) is 0 Å². The molecule has 1 rings (SSSR count). The lowest BCUT2D eigenvalue weighted by atomic mass is 9.97. The molecule has 118 valence electrons. The van der Waals surface area contributed by atoms with Gasteiger partial charge in [-0.25, -0.2) is 4.79 Å². The topological polar surface area (TPSA) is 29.5 Å². The van der Waals surface area contributed by atoms with Gasteiger partial charge >= 0.3 is 5.97 Å². The van der Waals surface area contributed by atoms with Gasteiger partial charge in [0.2, 0.25) is 0 Å². The Morgan fingerprint density at radius 3 is 2.57 bits per heavy atom. The van der Waals surface area contributed by atoms with Crippen LogP contribution in [0, 0.1) is 5.92 Å². The lowest BCUT2D eigenvalue weighted by Crippen LogP contribution is -2.13. The first-order valence-corrected chi connectivity index (χ1v) is 7.93. The second-order valence-electron chi connectivity index (χ2n) is 6.16. The van der Waals surface area contributed by atoms with Crippen LogP contribution in [0.25, 0.3) is 0 Å². The van der Waals surface area contributed by atoms with Crippen molar-refractivity contribution in [3.63, 3.8) is 0 Å². The maximum atomic E-state index is 12.2. The maximum Gasteiger partial charge on any atom is 0.338 e. The predicted molar refractivity (Wildman–Crippen MR) is 89.1 cm³/mol. The summed E-state index contributed by atoms with van der Waals surface area (Å²) in [5.74, 6) is 0.435. The molecule has 0 saturated carbocycles. The molecule has 0 amide bonds. The molecule has 1 aromatic rings. The van der Waals surface area contributed by atoms with Crippen LogP contribution < -0.4 is 4.90 Å². The highest BCUT2D eigenvalue weighted by Crippen LogP contribution is 2.22. The van der Waals surface area contributed by atoms with Gasteiger partial charge in [-0.2, -0.15) is 0 Å². The molecule has 0 radical (unpaired) electrons. The van der Waals surface area contributed by atoms with Crippen molar-refractivity contribution in [1.29, 1.82) is 0 Å². The largest absolute Gasteiger partial charge is 0.462 e. The van der Waals surface area contributed by atoms with Gasteiger partial charge in [-0.05, 0) is 48.9 Å². The lowest BCUT2D eigenvalue weighted by molar-refractivity contribution is 0.0498. The highest BCUT2D eigenvalue weighted by Gasteiger charge is 2.14. The van der Waals surface area contributed by atoms with E-state index in [1.165, 1.54) is 0 Å². The van der Waals surface area contributed by atoms with E-state index in [9.17, 15) is 4.79 Å². The van der Waals surface area contributed by atoms with Crippen LogP contribution in [0.3, 0.4) is 0 Å². The summed E-state index contributed by atoms with van der Waals surface area (Å²) in [6.45, 7) is 7.01. The normalized spacial score (nSPS) is 10.8. The molecule has 0 aliphatic carbocycles. The summed E-state index contributed by atoms with van der Waals surface area (Å²) >= 11 is 0. The van der Waals surface area contributed by atoms with E-state index in [1.807, 2.05) is 26.2 Å². The molecule has 0 aliphatic rings. The number of carbonyl (C=O) groups excluding carboxylic acids is 1. The van der Waals surface area contributed by atoms with E-state index in [4.69, 9.17) is 4.74 Å². The van der Waals surface area contributed by atoms with Crippen LogP contribution in [0.4, 0.5) is 5.69 Å². The average molecular weight is 291 g/mol. The number of hydrogen-bond donors (Lipinski definition) is 0. The smallest absolute Gasteiger partial charge is 0.338 e. The molecule has 1 aromatic carbocycles. The van der Waals surface area contributed by atoms with Crippen molar-refractivity contribution in [3.05, 3.63) is 29.3 Å². The maximum absolute atomic E-state index is 12.2. The molecular weight excluding hydrogens is 262 g/mol. The summed E-state index contributed by atoms with van der Waals surface area (Å²) in [6.07, 6.45) is 3.94. The number of unbranched alkanes of at least 4 members (excludes halogenated alkanes) is 1. The second kappa shape index (κ2) is 8.71. The van der Waals surface area contributed by atoms with Crippen LogP contribution in [-0.2, 0) is 11.2 Å². The number of carbonyl (C=O) groups is 1. The second-order valence-corrected chi connectivity index (χ2v) is 6.16. The molecule has 21 heavy (non-hydrogen) atoms. The molecule has 0 saturated heterocycles. The minimum Gasteiger partial charge on any atom is -0.462 e. The van der Waals surface area contributed by atoms with Gasteiger partial charge in [-0.15, -0.1) is 0 Å². The van der Waals surface area contributed by atoms with Crippen LogP contribution >= 0.6 is 0 Å². The third kappa shape index (κ3) is 5.78. The molecule has 0 N–H and O–H groups in total. The monoisotopic (exact) mass is 291 g/mol. The number of benzene rings is 1. The Balaban J connectivity index is 2.91. The Labute approximate surface area is 129 Å². The zero-order chi connectivity index (χ0) is 15.8. The minimum absolute atomic E-state index is 0.187. The molecule has 0 unspecified atom stereocenters. The van der Waals surface area contributed by atoms with Gasteiger partial charge < -0.3 is 9.64 Å². The van der Waals surface area contributed by atoms with Gasteiger partial charge in [0, 0.05) is 19.8 Å². The van der Waals surface area contributed by atoms with E-state index < -0.39 is 0 Å². The quantitative estimate of drug-likeness (QED) is 0.528. The standard InChI is InChI=1S/C18H29NO2/c1-6-7-12-21-18(20)17-11-10-16(19(4)5)13-15(17)9-8-14(2)3/h10-11,13-14H,6-9,12H2,1-5H3. The van der Waals surface area contributed by atoms with E-state index in [0.29, 0.717) is 12.5 Å². The number of nitrogens with zero attached hydrogens (tertiary/aromatic N) is 1. The summed E-state index contributed by atoms with van der Waals surface area (Å²) in [7, 11) is 4.03. The first-order valence-electron chi connectivity index (χ1n) is 7.93. The highest BCUT2D eigenvalue weighted by molar-refractivity contribution is 5.91. The number of anilines is 1. The fraction of sp³-hybridized carbons (Fsp3) is 0.611. The van der Waals surface area contributed by atoms with Gasteiger partial charge in [0.1, 0.15) is 0 Å². The molecule has 3 heteroatoms. The van der Waals surface area contributed by atoms with E-state index >= 15 is 0 Å². The summed E-state index contributed by atoms with van der Waals surface area (Å²) < 4.78 is 5.36. The molecule has 0 spiro atoms. The number of rotatable bonds is 8. The van der Waals surface area contributed by atoms with Crippen LogP contribution in [0.1, 0.15) is 56.0 Å². The molecule has 0 fully saturated rings. The van der Waals surface area contributed by atoms with E-state index in [0.717, 1.165) is 42.5 Å². The molecular formula is C18H29NO2. The minimum atomic E-state index is -0.187. The van der Waals surface area contributed by atoms with Crippen molar-refractivity contribution in [3.8, 4) is 0 Å². The zero-order valence-corrected chi connectivity index (χ0v) is 14.1. The Morgan fingerprint density at radius 1 is 1.29 bits per heavy atom. The molecule has 0 atom stereocenters. The van der Waals surface area contributed by atoms with Crippen molar-refractivity contribution >= 4 is 11.7 Å². The Morgan fingerprint density at radius 2 is 2.00 bits per heavy atom. The average Bonchev–Trinajstić information content (AvgIpc) is 2.44. The van der Waals surface area contributed by atoms with Gasteiger partial charge in [0.25, 0.3) is 0 Å². The number of esters is 1. The van der Waals surface area contributed by atoms with E-state index in [-0.39, 0.29) is 5.97 Å². The molecule has 0 aliphatic heterocycles. The van der Waals surface area contributed by atoms with Crippen LogP contribution in [0.15, 0.2) is 18.2 Å². The van der Waals surface area contributed by atoms with Crippen LogP contribution in [0.2, 0.25) is 0 Å². The van der Waals surface area contributed by atoms with Crippen molar-refractivity contribution in [2.45, 2.75) is 46.5 Å². The third-order valence-electron chi connectivity index (χ3n) is 3.55. The Hall–Kier alpha value is -1.51. The van der Waals surface area contributed by atoms with Crippen LogP contribution in [0.5, 0.6) is 0 Å². The van der Waals surface area contributed by atoms with Gasteiger partial charge in [-0.1, -0.05) is 27.2 Å². The summed E-state index contributed by atoms with van der Waals surface area (Å²) in [6, 6.07) is 5.99. The molecule has 0 heterocycles. The predicted octanol–water partition coefficient (Wildman–Crippen LogP) is 4.30. The van der Waals surface area contributed by atoms with Crippen molar-refractivity contribution in [2.24, 2.45) is 5.92 Å². The first-order chi connectivity index (χ1) is 9.95. The lowest BCUT2D eigenvalue weighted by Gasteiger charge is -2.17. The number of hydrogen-bond acceptors (Lipinski definition) is 3. The highest BCUT2D eigenvalue weighted by atomic mass is 16.5. The number of ether oxygens (including phenoxy) is 1. The summed E-state index contributed by atoms with van der Waals surface area (Å²) in [5, 5.41) is 0. The zero-order valence-electron chi connectivity index (χ0n) is 14.1. The fourth-order valence-electron chi connectivity index (χ4n) is 2.10. The Bertz CT molecular complexity index is 453. The summed E-state index contributed by atoms with van der Waals surface area (Å²) in [4.78, 5) is 14.3. The molecule has 0 aromatic heterocycles. The molecule has 0 bridgehead atoms. The summed E-state index contributed by atoms with van der Waals surface area (Å²) in [5.41, 5.74) is 2.94. The molecule has 3 nitrogen and oxygen atoms in total. The SMILES string of the molecule is CCCCOC(=O)c1ccc(N(C)C)cc1CCC(C)C. The van der Waals surface area contributed by atoms with Crippen molar-refractivity contribution < 1.29 is 9.53 Å². The van der Waals surface area contributed by atoms with Gasteiger partial charge in [0.15, 0.2) is 0 Å². The van der Waals surface area contributed by atoms with Crippen LogP contribution in [-0.4, -0.2) is 26.7 Å². The van der Waals surface area contributed by atoms with Gasteiger partial charge in [0.05, 0.1) is 12.2 Å². The number of aryl methyl sites for hydroxylation is 1. The van der Waals surface area contributed by atoms with Gasteiger partial charge in [-0.3, -0.25) is 0 Å². The van der Waals surface area contributed by atoms with Crippen molar-refractivity contribution in [2.75, 3.05) is 25.6 Å². The fourth-order valence-corrected chi connectivity index (χ4v) is 2.10. The van der Waals surface area contributed by atoms with Crippen molar-refractivity contribution in [1.82, 2.24) is 0 Å². The first kappa shape index (κ1) is 17.5. The third-order valence-corrected chi connectivity index (χ3v) is 3.55. The Kier molecular flexibility index (Phi) is 7.27.